The van der Waals surface area contributed by atoms with Crippen LogP contribution < -0.4 is 0 Å². The fourth-order valence-electron chi connectivity index (χ4n) is 4.34. The molecule has 3 fully saturated rings. The van der Waals surface area contributed by atoms with E-state index in [9.17, 15) is 0 Å². The molecule has 3 rings (SSSR count). The molecular weight excluding hydrogens is 308 g/mol. The van der Waals surface area contributed by atoms with Crippen LogP contribution in [0.1, 0.15) is 58.3 Å². The number of carbonyl (C=O) groups is 2. The average Bonchev–Trinajstić information content (AvgIpc) is 3.11. The molecule has 24 heavy (non-hydrogen) atoms. The Morgan fingerprint density at radius 2 is 1.08 bits per heavy atom. The summed E-state index contributed by atoms with van der Waals surface area (Å²) in [4.78, 5) is 23.8. The predicted molar refractivity (Wildman–Crippen MR) is 92.1 cm³/mol. The number of aliphatic carboxylic acids is 2. The zero-order valence-electron chi connectivity index (χ0n) is 14.8. The van der Waals surface area contributed by atoms with Crippen molar-refractivity contribution in [1.29, 1.82) is 0 Å². The summed E-state index contributed by atoms with van der Waals surface area (Å²) in [6, 6.07) is 1.87. The molecule has 0 spiro atoms. The summed E-state index contributed by atoms with van der Waals surface area (Å²) in [6.45, 7) is 7.80. The van der Waals surface area contributed by atoms with E-state index in [2.05, 4.69) is 16.7 Å². The first kappa shape index (κ1) is 19.2. The third-order valence-electron chi connectivity index (χ3n) is 5.87. The number of rotatable bonds is 2. The van der Waals surface area contributed by atoms with Crippen LogP contribution in [-0.4, -0.2) is 70.2 Å². The van der Waals surface area contributed by atoms with Gasteiger partial charge in [0, 0.05) is 38.3 Å². The van der Waals surface area contributed by atoms with Gasteiger partial charge in [-0.3, -0.25) is 9.80 Å². The second-order valence-corrected chi connectivity index (χ2v) is 7.53. The molecule has 0 aromatic carbocycles. The number of nitrogens with zero attached hydrogens (tertiary/aromatic N) is 2. The van der Waals surface area contributed by atoms with E-state index in [1.165, 1.54) is 77.5 Å². The third-order valence-corrected chi connectivity index (χ3v) is 5.87. The third kappa shape index (κ3) is 5.74. The molecule has 1 saturated heterocycles. The van der Waals surface area contributed by atoms with Crippen LogP contribution in [0.2, 0.25) is 0 Å². The lowest BCUT2D eigenvalue weighted by molar-refractivity contribution is -0.159. The topological polar surface area (TPSA) is 81.1 Å². The van der Waals surface area contributed by atoms with E-state index < -0.39 is 11.9 Å². The maximum absolute atomic E-state index is 9.10. The molecule has 138 valence electrons. The van der Waals surface area contributed by atoms with E-state index >= 15 is 0 Å². The van der Waals surface area contributed by atoms with Gasteiger partial charge in [0.05, 0.1) is 0 Å². The van der Waals surface area contributed by atoms with E-state index in [-0.39, 0.29) is 0 Å². The molecule has 2 N–H and O–H groups in total. The molecule has 6 nitrogen and oxygen atoms in total. The van der Waals surface area contributed by atoms with Crippen LogP contribution in [0.15, 0.2) is 0 Å². The maximum atomic E-state index is 9.10. The van der Waals surface area contributed by atoms with Gasteiger partial charge >= 0.3 is 11.9 Å². The molecule has 6 heteroatoms. The second kappa shape index (κ2) is 9.37. The van der Waals surface area contributed by atoms with Crippen molar-refractivity contribution in [3.8, 4) is 0 Å². The van der Waals surface area contributed by atoms with Crippen LogP contribution in [0, 0.1) is 5.92 Å². The minimum atomic E-state index is -1.82. The van der Waals surface area contributed by atoms with Crippen molar-refractivity contribution < 1.29 is 19.8 Å². The molecule has 2 aliphatic carbocycles. The average molecular weight is 340 g/mol. The van der Waals surface area contributed by atoms with E-state index in [1.54, 1.807) is 0 Å². The van der Waals surface area contributed by atoms with Gasteiger partial charge < -0.3 is 10.2 Å². The molecule has 0 bridgehead atoms. The highest BCUT2D eigenvalue weighted by Crippen LogP contribution is 2.29. The molecule has 0 unspecified atom stereocenters. The first-order chi connectivity index (χ1) is 11.5. The second-order valence-electron chi connectivity index (χ2n) is 7.53. The Bertz CT molecular complexity index is 395. The fourth-order valence-corrected chi connectivity index (χ4v) is 4.34. The molecule has 0 amide bonds. The van der Waals surface area contributed by atoms with Crippen molar-refractivity contribution >= 4 is 11.9 Å². The molecule has 1 heterocycles. The van der Waals surface area contributed by atoms with Crippen molar-refractivity contribution in [2.45, 2.75) is 70.4 Å². The Labute approximate surface area is 144 Å². The lowest BCUT2D eigenvalue weighted by Crippen LogP contribution is -2.53. The fraction of sp³-hybridized carbons (Fsp3) is 0.889. The van der Waals surface area contributed by atoms with Gasteiger partial charge in [-0.25, -0.2) is 9.59 Å². The summed E-state index contributed by atoms with van der Waals surface area (Å²) < 4.78 is 0. The zero-order chi connectivity index (χ0) is 17.5. The molecular formula is C18H32N2O4. The summed E-state index contributed by atoms with van der Waals surface area (Å²) in [5.41, 5.74) is 0. The lowest BCUT2D eigenvalue weighted by Gasteiger charge is -2.43. The van der Waals surface area contributed by atoms with Gasteiger partial charge in [-0.15, -0.1) is 0 Å². The van der Waals surface area contributed by atoms with Gasteiger partial charge in [-0.05, 0) is 44.4 Å². The summed E-state index contributed by atoms with van der Waals surface area (Å²) in [5.74, 6) is -2.66. The highest BCUT2D eigenvalue weighted by atomic mass is 16.4. The monoisotopic (exact) mass is 340 g/mol. The van der Waals surface area contributed by atoms with Crippen molar-refractivity contribution in [3.63, 3.8) is 0 Å². The van der Waals surface area contributed by atoms with Gasteiger partial charge in [0.15, 0.2) is 0 Å². The molecule has 1 aliphatic heterocycles. The van der Waals surface area contributed by atoms with E-state index in [0.29, 0.717) is 0 Å². The Balaban J connectivity index is 0.000000301. The summed E-state index contributed by atoms with van der Waals surface area (Å²) >= 11 is 0. The van der Waals surface area contributed by atoms with Gasteiger partial charge in [0.25, 0.3) is 0 Å². The van der Waals surface area contributed by atoms with Crippen LogP contribution in [0.3, 0.4) is 0 Å². The lowest BCUT2D eigenvalue weighted by atomic mass is 9.86. The standard InChI is InChI=1S/C16H30N2.C2H2O4/c1-14-6-8-16(9-7-14)18-12-10-17(11-13-18)15-4-2-3-5-15;3-1(4)2(5)6/h14-16H,2-13H2,1H3;(H,3,4)(H,5,6). The van der Waals surface area contributed by atoms with E-state index in [0.717, 1.165) is 18.0 Å². The van der Waals surface area contributed by atoms with Crippen LogP contribution in [0.5, 0.6) is 0 Å². The Morgan fingerprint density at radius 3 is 1.46 bits per heavy atom. The van der Waals surface area contributed by atoms with Crippen LogP contribution in [0.25, 0.3) is 0 Å². The Morgan fingerprint density at radius 1 is 0.708 bits per heavy atom. The summed E-state index contributed by atoms with van der Waals surface area (Å²) in [6.07, 6.45) is 11.8. The minimum absolute atomic E-state index is 0.923. The SMILES string of the molecule is CC1CCC(N2CCN(C3CCCC3)CC2)CC1.O=C(O)C(=O)O. The van der Waals surface area contributed by atoms with Gasteiger partial charge in [0.2, 0.25) is 0 Å². The molecule has 0 atom stereocenters. The molecule has 0 radical (unpaired) electrons. The van der Waals surface area contributed by atoms with E-state index in [1.807, 2.05) is 0 Å². The predicted octanol–water partition coefficient (Wildman–Crippen LogP) is 2.28. The largest absolute Gasteiger partial charge is 0.473 e. The highest BCUT2D eigenvalue weighted by molar-refractivity contribution is 6.27. The molecule has 0 aromatic heterocycles. The number of piperazine rings is 1. The van der Waals surface area contributed by atoms with Crippen LogP contribution in [-0.2, 0) is 9.59 Å². The van der Waals surface area contributed by atoms with Gasteiger partial charge in [-0.1, -0.05) is 19.8 Å². The zero-order valence-corrected chi connectivity index (χ0v) is 14.8. The smallest absolute Gasteiger partial charge is 0.414 e. The Hall–Kier alpha value is -1.14. The molecule has 3 aliphatic rings. The molecule has 2 saturated carbocycles. The minimum Gasteiger partial charge on any atom is -0.473 e. The maximum Gasteiger partial charge on any atom is 0.414 e. The first-order valence-corrected chi connectivity index (χ1v) is 9.41. The quantitative estimate of drug-likeness (QED) is 0.751. The number of hydrogen-bond donors (Lipinski definition) is 2. The van der Waals surface area contributed by atoms with Crippen LogP contribution >= 0.6 is 0 Å². The van der Waals surface area contributed by atoms with Crippen molar-refractivity contribution in [2.75, 3.05) is 26.2 Å². The van der Waals surface area contributed by atoms with Crippen molar-refractivity contribution in [1.82, 2.24) is 9.80 Å². The number of carboxylic acid groups (broad SMARTS) is 2. The first-order valence-electron chi connectivity index (χ1n) is 9.41. The molecule has 0 aromatic rings. The van der Waals surface area contributed by atoms with Crippen molar-refractivity contribution in [2.24, 2.45) is 5.92 Å². The van der Waals surface area contributed by atoms with E-state index in [4.69, 9.17) is 19.8 Å². The summed E-state index contributed by atoms with van der Waals surface area (Å²) in [5, 5.41) is 14.8. The van der Waals surface area contributed by atoms with Crippen LogP contribution in [0.4, 0.5) is 0 Å². The number of carboxylic acids is 2. The Kier molecular flexibility index (Phi) is 7.49. The highest BCUT2D eigenvalue weighted by Gasteiger charge is 2.30. The normalized spacial score (nSPS) is 29.7. The van der Waals surface area contributed by atoms with Crippen molar-refractivity contribution in [3.05, 3.63) is 0 Å². The van der Waals surface area contributed by atoms with Gasteiger partial charge in [0.1, 0.15) is 0 Å². The number of hydrogen-bond acceptors (Lipinski definition) is 4. The van der Waals surface area contributed by atoms with Gasteiger partial charge in [-0.2, -0.15) is 0 Å². The summed E-state index contributed by atoms with van der Waals surface area (Å²) in [7, 11) is 0.